The van der Waals surface area contributed by atoms with Gasteiger partial charge < -0.3 is 0 Å². The minimum atomic E-state index is -3.32. The predicted molar refractivity (Wildman–Crippen MR) is 113 cm³/mol. The molecule has 31 heavy (non-hydrogen) atoms. The Kier molecular flexibility index (Phi) is 4.35. The van der Waals surface area contributed by atoms with Crippen molar-refractivity contribution < 1.29 is 8.42 Å². The van der Waals surface area contributed by atoms with Crippen molar-refractivity contribution in [1.82, 2.24) is 34.3 Å². The summed E-state index contributed by atoms with van der Waals surface area (Å²) in [7, 11) is -3.32. The zero-order valence-electron chi connectivity index (χ0n) is 16.6. The van der Waals surface area contributed by atoms with E-state index in [1.807, 2.05) is 30.3 Å². The highest BCUT2D eigenvalue weighted by Gasteiger charge is 2.49. The molecular weight excluding hydrogens is 416 g/mol. The molecule has 1 aliphatic rings. The van der Waals surface area contributed by atoms with Crippen molar-refractivity contribution in [2.75, 3.05) is 19.3 Å². The second-order valence-corrected chi connectivity index (χ2v) is 9.61. The molecule has 1 N–H and O–H groups in total. The highest BCUT2D eigenvalue weighted by molar-refractivity contribution is 7.88. The number of aromatic nitrogens is 6. The summed E-state index contributed by atoms with van der Waals surface area (Å²) < 4.78 is 26.7. The van der Waals surface area contributed by atoms with E-state index in [1.54, 1.807) is 23.3 Å². The Hall–Kier alpha value is -3.62. The van der Waals surface area contributed by atoms with Crippen LogP contribution in [0.2, 0.25) is 0 Å². The lowest BCUT2D eigenvalue weighted by Gasteiger charge is -2.47. The van der Waals surface area contributed by atoms with Crippen LogP contribution in [-0.2, 0) is 15.6 Å². The molecule has 1 saturated heterocycles. The van der Waals surface area contributed by atoms with Crippen LogP contribution in [0.25, 0.3) is 33.7 Å². The molecule has 5 heterocycles. The lowest BCUT2D eigenvalue weighted by molar-refractivity contribution is 0.0726. The second kappa shape index (κ2) is 6.97. The number of aromatic amines is 1. The quantitative estimate of drug-likeness (QED) is 0.506. The van der Waals surface area contributed by atoms with Gasteiger partial charge in [0, 0.05) is 37.1 Å². The molecule has 10 nitrogen and oxygen atoms in total. The van der Waals surface area contributed by atoms with E-state index in [0.717, 1.165) is 16.6 Å². The van der Waals surface area contributed by atoms with E-state index < -0.39 is 15.6 Å². The van der Waals surface area contributed by atoms with Crippen molar-refractivity contribution in [3.8, 4) is 28.8 Å². The van der Waals surface area contributed by atoms with Gasteiger partial charge in [-0.15, -0.1) is 0 Å². The van der Waals surface area contributed by atoms with Crippen molar-refractivity contribution in [1.29, 1.82) is 5.26 Å². The van der Waals surface area contributed by atoms with Crippen LogP contribution in [0.15, 0.2) is 48.9 Å². The minimum absolute atomic E-state index is 0.157. The van der Waals surface area contributed by atoms with Gasteiger partial charge in [-0.3, -0.25) is 14.8 Å². The fourth-order valence-electron chi connectivity index (χ4n) is 3.85. The van der Waals surface area contributed by atoms with Crippen LogP contribution >= 0.6 is 0 Å². The summed E-state index contributed by atoms with van der Waals surface area (Å²) in [6, 6.07) is 11.5. The van der Waals surface area contributed by atoms with Crippen LogP contribution in [0, 0.1) is 11.3 Å². The molecule has 11 heteroatoms. The average Bonchev–Trinajstić information content (AvgIpc) is 3.41. The Balaban J connectivity index is 1.59. The third kappa shape index (κ3) is 3.26. The number of nitriles is 1. The normalized spacial score (nSPS) is 16.1. The Morgan fingerprint density at radius 2 is 2.06 bits per heavy atom. The Bertz CT molecular complexity index is 1410. The van der Waals surface area contributed by atoms with Gasteiger partial charge in [-0.1, -0.05) is 0 Å². The third-order valence-electron chi connectivity index (χ3n) is 5.51. The highest BCUT2D eigenvalue weighted by atomic mass is 32.2. The third-order valence-corrected chi connectivity index (χ3v) is 6.71. The van der Waals surface area contributed by atoms with Gasteiger partial charge in [-0.05, 0) is 30.3 Å². The molecule has 0 bridgehead atoms. The summed E-state index contributed by atoms with van der Waals surface area (Å²) in [5.74, 6) is 0. The average molecular weight is 434 g/mol. The molecular formula is C20H18N8O2S. The van der Waals surface area contributed by atoms with E-state index in [9.17, 15) is 13.7 Å². The Labute approximate surface area is 178 Å². The topological polar surface area (TPSA) is 133 Å². The maximum Gasteiger partial charge on any atom is 0.211 e. The largest absolute Gasteiger partial charge is 0.276 e. The van der Waals surface area contributed by atoms with Gasteiger partial charge in [0.15, 0.2) is 0 Å². The van der Waals surface area contributed by atoms with Crippen molar-refractivity contribution in [2.24, 2.45) is 0 Å². The van der Waals surface area contributed by atoms with E-state index in [0.29, 0.717) is 17.1 Å². The molecule has 0 saturated carbocycles. The number of hydrogen-bond acceptors (Lipinski definition) is 7. The zero-order valence-corrected chi connectivity index (χ0v) is 17.4. The Morgan fingerprint density at radius 3 is 2.77 bits per heavy atom. The first-order valence-electron chi connectivity index (χ1n) is 9.54. The first kappa shape index (κ1) is 19.3. The molecule has 0 aliphatic carbocycles. The number of hydrogen-bond donors (Lipinski definition) is 1. The minimum Gasteiger partial charge on any atom is -0.276 e. The van der Waals surface area contributed by atoms with Crippen molar-refractivity contribution in [3.63, 3.8) is 0 Å². The molecule has 0 amide bonds. The van der Waals surface area contributed by atoms with Crippen LogP contribution in [0.1, 0.15) is 6.42 Å². The number of nitrogens with zero attached hydrogens (tertiary/aromatic N) is 7. The van der Waals surface area contributed by atoms with Crippen molar-refractivity contribution in [3.05, 3.63) is 48.9 Å². The number of rotatable bonds is 5. The van der Waals surface area contributed by atoms with Crippen LogP contribution in [-0.4, -0.2) is 62.0 Å². The number of sulfonamides is 1. The van der Waals surface area contributed by atoms with Crippen LogP contribution in [0.3, 0.4) is 0 Å². The fourth-order valence-corrected chi connectivity index (χ4v) is 4.80. The number of fused-ring (bicyclic) bond motifs is 1. The summed E-state index contributed by atoms with van der Waals surface area (Å²) in [6.07, 6.45) is 6.48. The SMILES string of the molecule is CS(=O)(=O)N1CC(CC#N)(n2ccc(-c3nc(-c4ccn[nH]4)cc4ncccc34)n2)C1. The van der Waals surface area contributed by atoms with E-state index in [2.05, 4.69) is 21.3 Å². The molecule has 5 rings (SSSR count). The fraction of sp³-hybridized carbons (Fsp3) is 0.250. The van der Waals surface area contributed by atoms with Crippen LogP contribution in [0.4, 0.5) is 0 Å². The maximum absolute atomic E-state index is 11.8. The molecule has 0 spiro atoms. The molecule has 0 radical (unpaired) electrons. The second-order valence-electron chi connectivity index (χ2n) is 7.63. The van der Waals surface area contributed by atoms with Gasteiger partial charge in [0.05, 0.1) is 35.7 Å². The molecule has 0 atom stereocenters. The zero-order chi connectivity index (χ0) is 21.6. The van der Waals surface area contributed by atoms with Crippen molar-refractivity contribution >= 4 is 20.9 Å². The highest BCUT2D eigenvalue weighted by Crippen LogP contribution is 2.35. The Morgan fingerprint density at radius 1 is 1.23 bits per heavy atom. The standard InChI is InChI=1S/C20H18N8O2S/c1-31(29,30)27-12-20(13-27,6-7-21)28-10-5-16(26-28)19-14-3-2-8-22-17(14)11-18(24-19)15-4-9-23-25-15/h2-5,8-11H,6,12-13H2,1H3,(H,23,25). The molecule has 4 aromatic heterocycles. The molecule has 4 aromatic rings. The molecule has 1 aliphatic heterocycles. The van der Waals surface area contributed by atoms with E-state index in [1.165, 1.54) is 10.6 Å². The predicted octanol–water partition coefficient (Wildman–Crippen LogP) is 1.77. The van der Waals surface area contributed by atoms with Gasteiger partial charge in [0.2, 0.25) is 10.0 Å². The summed E-state index contributed by atoms with van der Waals surface area (Å²) in [6.45, 7) is 0.425. The maximum atomic E-state index is 11.8. The van der Waals surface area contributed by atoms with Gasteiger partial charge in [0.1, 0.15) is 16.9 Å². The van der Waals surface area contributed by atoms with E-state index in [-0.39, 0.29) is 19.5 Å². The lowest BCUT2D eigenvalue weighted by Crippen LogP contribution is -2.63. The first-order valence-corrected chi connectivity index (χ1v) is 11.4. The summed E-state index contributed by atoms with van der Waals surface area (Å²) in [5.41, 5.74) is 2.80. The summed E-state index contributed by atoms with van der Waals surface area (Å²) >= 11 is 0. The molecule has 0 unspecified atom stereocenters. The summed E-state index contributed by atoms with van der Waals surface area (Å²) in [4.78, 5) is 9.26. The first-order chi connectivity index (χ1) is 14.9. The van der Waals surface area contributed by atoms with Gasteiger partial charge in [0.25, 0.3) is 0 Å². The van der Waals surface area contributed by atoms with E-state index in [4.69, 9.17) is 10.1 Å². The van der Waals surface area contributed by atoms with Gasteiger partial charge in [-0.25, -0.2) is 13.4 Å². The summed E-state index contributed by atoms with van der Waals surface area (Å²) in [5, 5.41) is 21.8. The van der Waals surface area contributed by atoms with Gasteiger partial charge >= 0.3 is 0 Å². The van der Waals surface area contributed by atoms with Crippen LogP contribution < -0.4 is 0 Å². The van der Waals surface area contributed by atoms with Crippen LogP contribution in [0.5, 0.6) is 0 Å². The number of pyridine rings is 2. The van der Waals surface area contributed by atoms with E-state index >= 15 is 0 Å². The molecule has 1 fully saturated rings. The molecule has 156 valence electrons. The number of nitrogens with one attached hydrogen (secondary N) is 1. The monoisotopic (exact) mass is 434 g/mol. The van der Waals surface area contributed by atoms with Gasteiger partial charge in [-0.2, -0.15) is 19.8 Å². The number of H-pyrrole nitrogens is 1. The van der Waals surface area contributed by atoms with Crippen molar-refractivity contribution in [2.45, 2.75) is 12.0 Å². The lowest BCUT2D eigenvalue weighted by atomic mass is 9.89. The molecule has 0 aromatic carbocycles. The smallest absolute Gasteiger partial charge is 0.211 e.